The van der Waals surface area contributed by atoms with Crippen LogP contribution in [-0.4, -0.2) is 36.6 Å². The maximum Gasteiger partial charge on any atom is 0.409 e. The van der Waals surface area contributed by atoms with E-state index in [1.54, 1.807) is 52.4 Å². The zero-order valence-corrected chi connectivity index (χ0v) is 20.8. The zero-order chi connectivity index (χ0) is 26.4. The molecule has 0 aliphatic heterocycles. The lowest BCUT2D eigenvalue weighted by molar-refractivity contribution is -0.131. The van der Waals surface area contributed by atoms with Gasteiger partial charge in [-0.25, -0.2) is 9.78 Å². The van der Waals surface area contributed by atoms with Crippen LogP contribution in [0, 0.1) is 0 Å². The molecule has 4 aromatic rings. The molecule has 11 nitrogen and oxygen atoms in total. The van der Waals surface area contributed by atoms with E-state index in [-0.39, 0.29) is 17.7 Å². The normalized spacial score (nSPS) is 11.4. The highest BCUT2D eigenvalue weighted by atomic mass is 16.5. The SMILES string of the molecule is CC(=O)N(Cc1ccccc1)C(C)c1cnc(Nc2cnn(C)c2)nc1Nc1cccc(OC(N)=O)c1. The van der Waals surface area contributed by atoms with Crippen LogP contribution < -0.4 is 21.1 Å². The number of hydrogen-bond donors (Lipinski definition) is 3. The Morgan fingerprint density at radius 3 is 2.54 bits per heavy atom. The summed E-state index contributed by atoms with van der Waals surface area (Å²) >= 11 is 0. The van der Waals surface area contributed by atoms with Crippen LogP contribution in [0.2, 0.25) is 0 Å². The third-order valence-corrected chi connectivity index (χ3v) is 5.61. The van der Waals surface area contributed by atoms with E-state index in [0.29, 0.717) is 29.6 Å². The minimum atomic E-state index is -0.908. The maximum absolute atomic E-state index is 12.7. The van der Waals surface area contributed by atoms with Crippen LogP contribution in [0.15, 0.2) is 73.2 Å². The molecule has 190 valence electrons. The standard InChI is InChI=1S/C26H28N8O3/c1-17(34(18(2)35)15-19-8-5-4-6-9-19)23-14-28-26(31-21-13-29-33(3)16-21)32-24(23)30-20-10-7-11-22(12-20)37-25(27)36/h4-14,16-17H,15H2,1-3H3,(H2,27,36)(H2,28,30,31,32). The Morgan fingerprint density at radius 2 is 1.86 bits per heavy atom. The number of carbonyl (C=O) groups is 2. The molecular weight excluding hydrogens is 472 g/mol. The summed E-state index contributed by atoms with van der Waals surface area (Å²) in [7, 11) is 1.81. The van der Waals surface area contributed by atoms with Gasteiger partial charge in [-0.3, -0.25) is 9.48 Å². The molecule has 0 saturated carbocycles. The molecule has 0 radical (unpaired) electrons. The monoisotopic (exact) mass is 500 g/mol. The average molecular weight is 501 g/mol. The molecule has 0 fully saturated rings. The lowest BCUT2D eigenvalue weighted by atomic mass is 10.1. The quantitative estimate of drug-likeness (QED) is 0.310. The number of aryl methyl sites for hydroxylation is 1. The Morgan fingerprint density at radius 1 is 1.08 bits per heavy atom. The number of hydrogen-bond acceptors (Lipinski definition) is 8. The molecule has 1 unspecified atom stereocenters. The number of ether oxygens (including phenoxy) is 1. The third kappa shape index (κ3) is 6.60. The molecule has 0 bridgehead atoms. The van der Waals surface area contributed by atoms with E-state index in [9.17, 15) is 9.59 Å². The van der Waals surface area contributed by atoms with Crippen LogP contribution in [0.3, 0.4) is 0 Å². The van der Waals surface area contributed by atoms with E-state index in [4.69, 9.17) is 15.5 Å². The molecule has 37 heavy (non-hydrogen) atoms. The number of amides is 2. The Kier molecular flexibility index (Phi) is 7.62. The molecule has 1 atom stereocenters. The number of rotatable bonds is 9. The van der Waals surface area contributed by atoms with Crippen LogP contribution in [-0.2, 0) is 18.4 Å². The molecule has 2 aromatic heterocycles. The number of aromatic nitrogens is 4. The van der Waals surface area contributed by atoms with Crippen LogP contribution in [0.4, 0.5) is 27.9 Å². The van der Waals surface area contributed by atoms with Gasteiger partial charge < -0.3 is 26.0 Å². The predicted octanol–water partition coefficient (Wildman–Crippen LogP) is 4.26. The van der Waals surface area contributed by atoms with Gasteiger partial charge in [0, 0.05) is 50.2 Å². The van der Waals surface area contributed by atoms with Gasteiger partial charge in [-0.15, -0.1) is 0 Å². The van der Waals surface area contributed by atoms with Crippen molar-refractivity contribution in [2.24, 2.45) is 12.8 Å². The number of benzene rings is 2. The summed E-state index contributed by atoms with van der Waals surface area (Å²) in [5.74, 6) is 1.01. The number of nitrogens with one attached hydrogen (secondary N) is 2. The van der Waals surface area contributed by atoms with E-state index in [1.165, 1.54) is 6.92 Å². The fourth-order valence-electron chi connectivity index (χ4n) is 3.83. The van der Waals surface area contributed by atoms with Crippen LogP contribution in [0.5, 0.6) is 5.75 Å². The largest absolute Gasteiger partial charge is 0.410 e. The summed E-state index contributed by atoms with van der Waals surface area (Å²) in [6.45, 7) is 3.89. The van der Waals surface area contributed by atoms with Crippen molar-refractivity contribution >= 4 is 35.1 Å². The van der Waals surface area contributed by atoms with Gasteiger partial charge in [0.1, 0.15) is 11.6 Å². The van der Waals surface area contributed by atoms with Crippen molar-refractivity contribution in [3.05, 3.63) is 84.3 Å². The number of nitrogens with zero attached hydrogens (tertiary/aromatic N) is 5. The van der Waals surface area contributed by atoms with Gasteiger partial charge in [-0.1, -0.05) is 36.4 Å². The van der Waals surface area contributed by atoms with Crippen molar-refractivity contribution in [3.63, 3.8) is 0 Å². The lowest BCUT2D eigenvalue weighted by Crippen LogP contribution is -2.31. The summed E-state index contributed by atoms with van der Waals surface area (Å²) in [5, 5.41) is 10.6. The van der Waals surface area contributed by atoms with Crippen molar-refractivity contribution < 1.29 is 14.3 Å². The van der Waals surface area contributed by atoms with Crippen LogP contribution in [0.1, 0.15) is 31.0 Å². The van der Waals surface area contributed by atoms with Crippen molar-refractivity contribution in [1.82, 2.24) is 24.6 Å². The van der Waals surface area contributed by atoms with Gasteiger partial charge in [0.05, 0.1) is 17.9 Å². The first-order valence-electron chi connectivity index (χ1n) is 11.6. The van der Waals surface area contributed by atoms with Gasteiger partial charge in [0.25, 0.3) is 0 Å². The number of primary amides is 1. The first kappa shape index (κ1) is 25.2. The molecule has 11 heteroatoms. The van der Waals surface area contributed by atoms with E-state index in [0.717, 1.165) is 11.3 Å². The minimum Gasteiger partial charge on any atom is -0.410 e. The first-order chi connectivity index (χ1) is 17.8. The Bertz CT molecular complexity index is 1390. The Balaban J connectivity index is 1.69. The highest BCUT2D eigenvalue weighted by molar-refractivity contribution is 5.75. The molecule has 4 rings (SSSR count). The summed E-state index contributed by atoms with van der Waals surface area (Å²) in [5.41, 5.74) is 8.19. The molecule has 0 saturated heterocycles. The molecule has 2 heterocycles. The van der Waals surface area contributed by atoms with E-state index < -0.39 is 6.09 Å². The number of carbonyl (C=O) groups excluding carboxylic acids is 2. The molecule has 2 aromatic carbocycles. The highest BCUT2D eigenvalue weighted by Crippen LogP contribution is 2.31. The number of nitrogens with two attached hydrogens (primary N) is 1. The maximum atomic E-state index is 12.7. The van der Waals surface area contributed by atoms with Crippen molar-refractivity contribution in [2.75, 3.05) is 10.6 Å². The second-order valence-corrected chi connectivity index (χ2v) is 8.41. The summed E-state index contributed by atoms with van der Waals surface area (Å²) in [4.78, 5) is 34.8. The topological polar surface area (TPSA) is 140 Å². The van der Waals surface area contributed by atoms with Gasteiger partial charge in [-0.2, -0.15) is 10.1 Å². The van der Waals surface area contributed by atoms with Crippen molar-refractivity contribution in [1.29, 1.82) is 0 Å². The van der Waals surface area contributed by atoms with Crippen LogP contribution in [0.25, 0.3) is 0 Å². The fraction of sp³-hybridized carbons (Fsp3) is 0.192. The average Bonchev–Trinajstić information content (AvgIpc) is 3.27. The highest BCUT2D eigenvalue weighted by Gasteiger charge is 2.23. The number of anilines is 4. The molecule has 2 amide bonds. The fourth-order valence-corrected chi connectivity index (χ4v) is 3.83. The molecular formula is C26H28N8O3. The third-order valence-electron chi connectivity index (χ3n) is 5.61. The van der Waals surface area contributed by atoms with Crippen molar-refractivity contribution in [2.45, 2.75) is 26.4 Å². The van der Waals surface area contributed by atoms with Crippen molar-refractivity contribution in [3.8, 4) is 5.75 Å². The molecule has 4 N–H and O–H groups in total. The zero-order valence-electron chi connectivity index (χ0n) is 20.8. The van der Waals surface area contributed by atoms with E-state index >= 15 is 0 Å². The summed E-state index contributed by atoms with van der Waals surface area (Å²) in [6.07, 6.45) is 4.24. The molecule has 0 aliphatic rings. The van der Waals surface area contributed by atoms with Gasteiger partial charge in [-0.05, 0) is 24.6 Å². The Hall–Kier alpha value is -4.93. The predicted molar refractivity (Wildman–Crippen MR) is 140 cm³/mol. The van der Waals surface area contributed by atoms with Gasteiger partial charge >= 0.3 is 6.09 Å². The van der Waals surface area contributed by atoms with Crippen LogP contribution >= 0.6 is 0 Å². The smallest absolute Gasteiger partial charge is 0.409 e. The molecule has 0 aliphatic carbocycles. The summed E-state index contributed by atoms with van der Waals surface area (Å²) in [6, 6.07) is 16.2. The lowest BCUT2D eigenvalue weighted by Gasteiger charge is -2.29. The van der Waals surface area contributed by atoms with Gasteiger partial charge in [0.2, 0.25) is 11.9 Å². The summed E-state index contributed by atoms with van der Waals surface area (Å²) < 4.78 is 6.67. The minimum absolute atomic E-state index is 0.0864. The van der Waals surface area contributed by atoms with E-state index in [1.807, 2.05) is 44.3 Å². The Labute approximate surface area is 214 Å². The second-order valence-electron chi connectivity index (χ2n) is 8.41. The van der Waals surface area contributed by atoms with E-state index in [2.05, 4.69) is 20.7 Å². The molecule has 0 spiro atoms. The van der Waals surface area contributed by atoms with Gasteiger partial charge in [0.15, 0.2) is 0 Å². The second kappa shape index (κ2) is 11.2. The first-order valence-corrected chi connectivity index (χ1v) is 11.6.